The van der Waals surface area contributed by atoms with Gasteiger partial charge in [-0.25, -0.2) is 0 Å². The molecule has 6 heteroatoms. The van der Waals surface area contributed by atoms with Crippen LogP contribution in [0.5, 0.6) is 0 Å². The van der Waals surface area contributed by atoms with Crippen LogP contribution in [0.15, 0.2) is 24.3 Å². The van der Waals surface area contributed by atoms with Crippen LogP contribution in [0.4, 0.5) is 13.2 Å². The summed E-state index contributed by atoms with van der Waals surface area (Å²) in [5.74, 6) is 0. The van der Waals surface area contributed by atoms with E-state index < -0.39 is 11.7 Å². The van der Waals surface area contributed by atoms with Crippen molar-refractivity contribution in [3.63, 3.8) is 0 Å². The number of rotatable bonds is 3. The molecule has 1 saturated heterocycles. The number of halogens is 4. The Morgan fingerprint density at radius 2 is 2.05 bits per heavy atom. The standard InChI is InChI=1S/C15H21F3N2.ClH/c1-11(19)14-7-2-3-8-20(14)10-12-5-4-6-13(9-12)15(16,17)18;/h4-6,9,11,14H,2-3,7-8,10,19H2,1H3;1H. The van der Waals surface area contributed by atoms with Crippen molar-refractivity contribution in [1.29, 1.82) is 0 Å². The molecule has 0 spiro atoms. The molecule has 2 N–H and O–H groups in total. The van der Waals surface area contributed by atoms with E-state index in [1.165, 1.54) is 12.1 Å². The SMILES string of the molecule is CC(N)C1CCCCN1Cc1cccc(C(F)(F)F)c1.Cl. The van der Waals surface area contributed by atoms with Crippen LogP contribution in [0.1, 0.15) is 37.3 Å². The molecule has 0 aliphatic carbocycles. The Labute approximate surface area is 129 Å². The Bertz CT molecular complexity index is 449. The fraction of sp³-hybridized carbons (Fsp3) is 0.600. The van der Waals surface area contributed by atoms with E-state index >= 15 is 0 Å². The molecule has 21 heavy (non-hydrogen) atoms. The van der Waals surface area contributed by atoms with Crippen LogP contribution in [0.3, 0.4) is 0 Å². The number of nitrogens with zero attached hydrogens (tertiary/aromatic N) is 1. The molecule has 0 amide bonds. The smallest absolute Gasteiger partial charge is 0.327 e. The van der Waals surface area contributed by atoms with Crippen molar-refractivity contribution in [3.8, 4) is 0 Å². The number of hydrogen-bond acceptors (Lipinski definition) is 2. The van der Waals surface area contributed by atoms with Crippen LogP contribution >= 0.6 is 12.4 Å². The van der Waals surface area contributed by atoms with Crippen LogP contribution < -0.4 is 5.73 Å². The lowest BCUT2D eigenvalue weighted by atomic mass is 9.96. The average Bonchev–Trinajstić information content (AvgIpc) is 2.38. The second-order valence-electron chi connectivity index (χ2n) is 5.59. The molecule has 2 nitrogen and oxygen atoms in total. The number of nitrogens with two attached hydrogens (primary N) is 1. The second kappa shape index (κ2) is 7.47. The molecule has 1 aliphatic heterocycles. The van der Waals surface area contributed by atoms with Gasteiger partial charge in [0, 0.05) is 18.6 Å². The molecule has 1 aromatic rings. The maximum Gasteiger partial charge on any atom is 0.416 e. The van der Waals surface area contributed by atoms with Crippen molar-refractivity contribution in [3.05, 3.63) is 35.4 Å². The van der Waals surface area contributed by atoms with Gasteiger partial charge in [0.15, 0.2) is 0 Å². The second-order valence-corrected chi connectivity index (χ2v) is 5.59. The molecule has 2 unspecified atom stereocenters. The minimum atomic E-state index is -4.28. The maximum atomic E-state index is 12.7. The van der Waals surface area contributed by atoms with Gasteiger partial charge in [-0.15, -0.1) is 12.4 Å². The van der Waals surface area contributed by atoms with Gasteiger partial charge in [0.1, 0.15) is 0 Å². The highest BCUT2D eigenvalue weighted by molar-refractivity contribution is 5.85. The Balaban J connectivity index is 0.00000220. The average molecular weight is 323 g/mol. The van der Waals surface area contributed by atoms with Crippen molar-refractivity contribution in [2.24, 2.45) is 5.73 Å². The van der Waals surface area contributed by atoms with Gasteiger partial charge in [0.25, 0.3) is 0 Å². The van der Waals surface area contributed by atoms with Gasteiger partial charge in [0.2, 0.25) is 0 Å². The van der Waals surface area contributed by atoms with Crippen molar-refractivity contribution >= 4 is 12.4 Å². The molecule has 0 aromatic heterocycles. The quantitative estimate of drug-likeness (QED) is 0.916. The lowest BCUT2D eigenvalue weighted by Crippen LogP contribution is -2.48. The van der Waals surface area contributed by atoms with E-state index in [2.05, 4.69) is 4.90 Å². The lowest BCUT2D eigenvalue weighted by Gasteiger charge is -2.38. The molecule has 1 aliphatic rings. The molecular weight excluding hydrogens is 301 g/mol. The highest BCUT2D eigenvalue weighted by Gasteiger charge is 2.31. The molecule has 1 aromatic carbocycles. The molecule has 0 bridgehead atoms. The number of likely N-dealkylation sites (tertiary alicyclic amines) is 1. The van der Waals surface area contributed by atoms with Gasteiger partial charge in [0.05, 0.1) is 5.56 Å². The summed E-state index contributed by atoms with van der Waals surface area (Å²) in [7, 11) is 0. The molecule has 0 radical (unpaired) electrons. The van der Waals surface area contributed by atoms with Crippen LogP contribution in [0.2, 0.25) is 0 Å². The first-order valence-corrected chi connectivity index (χ1v) is 7.03. The fourth-order valence-electron chi connectivity index (χ4n) is 2.89. The summed E-state index contributed by atoms with van der Waals surface area (Å²) < 4.78 is 38.2. The van der Waals surface area contributed by atoms with Crippen molar-refractivity contribution in [1.82, 2.24) is 4.90 Å². The van der Waals surface area contributed by atoms with E-state index in [-0.39, 0.29) is 24.5 Å². The van der Waals surface area contributed by atoms with Crippen LogP contribution in [0.25, 0.3) is 0 Å². The zero-order chi connectivity index (χ0) is 14.8. The molecule has 1 heterocycles. The molecule has 120 valence electrons. The monoisotopic (exact) mass is 322 g/mol. The van der Waals surface area contributed by atoms with E-state index in [1.807, 2.05) is 6.92 Å². The number of piperidine rings is 1. The summed E-state index contributed by atoms with van der Waals surface area (Å²) in [6, 6.07) is 5.89. The lowest BCUT2D eigenvalue weighted by molar-refractivity contribution is -0.137. The van der Waals surface area contributed by atoms with Crippen molar-refractivity contribution in [2.45, 2.75) is 51.0 Å². The Kier molecular flexibility index (Phi) is 6.50. The van der Waals surface area contributed by atoms with E-state index in [0.717, 1.165) is 31.9 Å². The van der Waals surface area contributed by atoms with Gasteiger partial charge in [-0.2, -0.15) is 13.2 Å². The van der Waals surface area contributed by atoms with Gasteiger partial charge in [-0.05, 0) is 37.9 Å². The highest BCUT2D eigenvalue weighted by Crippen LogP contribution is 2.30. The number of hydrogen-bond donors (Lipinski definition) is 1. The Morgan fingerprint density at radius 1 is 1.33 bits per heavy atom. The summed E-state index contributed by atoms with van der Waals surface area (Å²) in [4.78, 5) is 2.21. The van der Waals surface area contributed by atoms with Crippen LogP contribution in [-0.2, 0) is 12.7 Å². The Hall–Kier alpha value is -0.780. The molecule has 2 rings (SSSR count). The van der Waals surface area contributed by atoms with Crippen LogP contribution in [-0.4, -0.2) is 23.5 Å². The molecule has 1 fully saturated rings. The van der Waals surface area contributed by atoms with Gasteiger partial charge < -0.3 is 5.73 Å². The predicted octanol–water partition coefficient (Wildman–Crippen LogP) is 3.83. The third kappa shape index (κ3) is 4.87. The molecule has 2 atom stereocenters. The summed E-state index contributed by atoms with van der Waals surface area (Å²) in [6.45, 7) is 3.41. The van der Waals surface area contributed by atoms with Gasteiger partial charge in [-0.3, -0.25) is 4.90 Å². The summed E-state index contributed by atoms with van der Waals surface area (Å²) >= 11 is 0. The van der Waals surface area contributed by atoms with E-state index in [0.29, 0.717) is 12.1 Å². The molecular formula is C15H22ClF3N2. The van der Waals surface area contributed by atoms with E-state index in [9.17, 15) is 13.2 Å². The van der Waals surface area contributed by atoms with E-state index in [4.69, 9.17) is 5.73 Å². The number of alkyl halides is 3. The van der Waals surface area contributed by atoms with E-state index in [1.54, 1.807) is 6.07 Å². The number of benzene rings is 1. The summed E-state index contributed by atoms with van der Waals surface area (Å²) in [5.41, 5.74) is 6.11. The zero-order valence-corrected chi connectivity index (χ0v) is 12.9. The third-order valence-corrected chi connectivity index (χ3v) is 3.91. The first kappa shape index (κ1) is 18.3. The van der Waals surface area contributed by atoms with Crippen molar-refractivity contribution < 1.29 is 13.2 Å². The fourth-order valence-corrected chi connectivity index (χ4v) is 2.89. The first-order valence-electron chi connectivity index (χ1n) is 7.03. The minimum absolute atomic E-state index is 0. The van der Waals surface area contributed by atoms with Gasteiger partial charge >= 0.3 is 6.18 Å². The normalized spacial score (nSPS) is 21.7. The largest absolute Gasteiger partial charge is 0.416 e. The topological polar surface area (TPSA) is 29.3 Å². The van der Waals surface area contributed by atoms with Gasteiger partial charge in [-0.1, -0.05) is 24.6 Å². The summed E-state index contributed by atoms with van der Waals surface area (Å²) in [6.07, 6.45) is -1.03. The van der Waals surface area contributed by atoms with Crippen molar-refractivity contribution in [2.75, 3.05) is 6.54 Å². The minimum Gasteiger partial charge on any atom is -0.327 e. The maximum absolute atomic E-state index is 12.7. The van der Waals surface area contributed by atoms with Crippen LogP contribution in [0, 0.1) is 0 Å². The zero-order valence-electron chi connectivity index (χ0n) is 12.1. The first-order chi connectivity index (χ1) is 9.38. The third-order valence-electron chi connectivity index (χ3n) is 3.91. The predicted molar refractivity (Wildman–Crippen MR) is 80.4 cm³/mol. The Morgan fingerprint density at radius 3 is 2.67 bits per heavy atom. The summed E-state index contributed by atoms with van der Waals surface area (Å²) in [5, 5.41) is 0. The molecule has 0 saturated carbocycles. The highest BCUT2D eigenvalue weighted by atomic mass is 35.5.